The highest BCUT2D eigenvalue weighted by atomic mass is 15.2. The summed E-state index contributed by atoms with van der Waals surface area (Å²) >= 11 is 0. The van der Waals surface area contributed by atoms with Gasteiger partial charge in [-0.05, 0) is 42.8 Å². The molecular formula is C17H26N2. The number of likely N-dealkylation sites (tertiary alicyclic amines) is 1. The van der Waals surface area contributed by atoms with E-state index in [-0.39, 0.29) is 0 Å². The Morgan fingerprint density at radius 3 is 2.32 bits per heavy atom. The Bertz CT molecular complexity index is 389. The van der Waals surface area contributed by atoms with E-state index in [0.717, 1.165) is 17.8 Å². The van der Waals surface area contributed by atoms with Gasteiger partial charge in [-0.25, -0.2) is 0 Å². The molecule has 2 aliphatic rings. The van der Waals surface area contributed by atoms with Gasteiger partial charge in [-0.1, -0.05) is 44.2 Å². The van der Waals surface area contributed by atoms with Gasteiger partial charge >= 0.3 is 0 Å². The van der Waals surface area contributed by atoms with Gasteiger partial charge in [-0.2, -0.15) is 0 Å². The average molecular weight is 258 g/mol. The van der Waals surface area contributed by atoms with Crippen molar-refractivity contribution in [2.75, 3.05) is 26.2 Å². The van der Waals surface area contributed by atoms with Crippen molar-refractivity contribution < 1.29 is 0 Å². The number of nitrogens with one attached hydrogen (secondary N) is 1. The third kappa shape index (κ3) is 2.85. The summed E-state index contributed by atoms with van der Waals surface area (Å²) < 4.78 is 0. The number of hydrogen-bond donors (Lipinski definition) is 1. The fourth-order valence-corrected chi connectivity index (χ4v) is 3.76. The molecule has 1 N–H and O–H groups in total. The molecule has 1 aromatic carbocycles. The monoisotopic (exact) mass is 258 g/mol. The van der Waals surface area contributed by atoms with E-state index >= 15 is 0 Å². The minimum atomic E-state index is 0.617. The van der Waals surface area contributed by atoms with Crippen LogP contribution in [0.2, 0.25) is 0 Å². The lowest BCUT2D eigenvalue weighted by atomic mass is 9.96. The Hall–Kier alpha value is -0.860. The molecule has 1 aromatic rings. The predicted molar refractivity (Wildman–Crippen MR) is 80.1 cm³/mol. The van der Waals surface area contributed by atoms with Crippen LogP contribution in [0.3, 0.4) is 0 Å². The largest absolute Gasteiger partial charge is 0.316 e. The SMILES string of the molecule is CC(C)CC(c1ccccc1)N1C[C@H]2CNC[C@H]2C1. The van der Waals surface area contributed by atoms with E-state index in [1.165, 1.54) is 38.2 Å². The van der Waals surface area contributed by atoms with E-state index in [9.17, 15) is 0 Å². The van der Waals surface area contributed by atoms with Gasteiger partial charge in [0.1, 0.15) is 0 Å². The smallest absolute Gasteiger partial charge is 0.0350 e. The maximum Gasteiger partial charge on any atom is 0.0350 e. The molecule has 2 fully saturated rings. The molecule has 1 unspecified atom stereocenters. The summed E-state index contributed by atoms with van der Waals surface area (Å²) in [4.78, 5) is 2.74. The zero-order chi connectivity index (χ0) is 13.2. The summed E-state index contributed by atoms with van der Waals surface area (Å²) in [5.41, 5.74) is 1.50. The second-order valence-electron chi connectivity index (χ2n) is 6.69. The van der Waals surface area contributed by atoms with Gasteiger partial charge in [-0.3, -0.25) is 4.90 Å². The van der Waals surface area contributed by atoms with Gasteiger partial charge < -0.3 is 5.32 Å². The summed E-state index contributed by atoms with van der Waals surface area (Å²) in [7, 11) is 0. The zero-order valence-corrected chi connectivity index (χ0v) is 12.2. The molecule has 0 aromatic heterocycles. The highest BCUT2D eigenvalue weighted by Gasteiger charge is 2.39. The number of rotatable bonds is 4. The standard InChI is InChI=1S/C17H26N2/c1-13(2)8-17(14-6-4-3-5-7-14)19-11-15-9-18-10-16(15)12-19/h3-7,13,15-18H,8-12H2,1-2H3/t15-,16+,17?. The Labute approximate surface area is 117 Å². The van der Waals surface area contributed by atoms with Gasteiger partial charge in [-0.15, -0.1) is 0 Å². The molecule has 3 atom stereocenters. The summed E-state index contributed by atoms with van der Waals surface area (Å²) in [5, 5.41) is 3.54. The summed E-state index contributed by atoms with van der Waals surface area (Å²) in [6.07, 6.45) is 1.27. The first-order valence-corrected chi connectivity index (χ1v) is 7.73. The van der Waals surface area contributed by atoms with Crippen LogP contribution < -0.4 is 5.32 Å². The maximum atomic E-state index is 3.54. The Balaban J connectivity index is 1.76. The molecule has 0 spiro atoms. The topological polar surface area (TPSA) is 15.3 Å². The van der Waals surface area contributed by atoms with Crippen LogP contribution in [0.4, 0.5) is 0 Å². The first-order valence-electron chi connectivity index (χ1n) is 7.73. The molecule has 2 saturated heterocycles. The fraction of sp³-hybridized carbons (Fsp3) is 0.647. The molecule has 2 nitrogen and oxygen atoms in total. The highest BCUT2D eigenvalue weighted by Crippen LogP contribution is 2.36. The number of fused-ring (bicyclic) bond motifs is 1. The normalized spacial score (nSPS) is 28.8. The third-order valence-corrected chi connectivity index (χ3v) is 4.74. The lowest BCUT2D eigenvalue weighted by molar-refractivity contribution is 0.200. The van der Waals surface area contributed by atoms with Gasteiger partial charge in [0.25, 0.3) is 0 Å². The molecule has 0 radical (unpaired) electrons. The quantitative estimate of drug-likeness (QED) is 0.893. The minimum Gasteiger partial charge on any atom is -0.316 e. The van der Waals surface area contributed by atoms with Crippen LogP contribution in [-0.2, 0) is 0 Å². The molecular weight excluding hydrogens is 232 g/mol. The van der Waals surface area contributed by atoms with Crippen molar-refractivity contribution in [3.63, 3.8) is 0 Å². The van der Waals surface area contributed by atoms with Crippen LogP contribution in [0.5, 0.6) is 0 Å². The molecule has 0 bridgehead atoms. The van der Waals surface area contributed by atoms with Crippen LogP contribution >= 0.6 is 0 Å². The van der Waals surface area contributed by atoms with Crippen molar-refractivity contribution in [1.29, 1.82) is 0 Å². The fourth-order valence-electron chi connectivity index (χ4n) is 3.76. The molecule has 104 valence electrons. The highest BCUT2D eigenvalue weighted by molar-refractivity contribution is 5.19. The van der Waals surface area contributed by atoms with Crippen LogP contribution in [-0.4, -0.2) is 31.1 Å². The van der Waals surface area contributed by atoms with Crippen LogP contribution in [0.15, 0.2) is 30.3 Å². The molecule has 0 saturated carbocycles. The summed E-state index contributed by atoms with van der Waals surface area (Å²) in [6.45, 7) is 9.70. The molecule has 3 rings (SSSR count). The average Bonchev–Trinajstić information content (AvgIpc) is 2.97. The number of hydrogen-bond acceptors (Lipinski definition) is 2. The minimum absolute atomic E-state index is 0.617. The van der Waals surface area contributed by atoms with Crippen molar-refractivity contribution >= 4 is 0 Å². The predicted octanol–water partition coefficient (Wildman–Crippen LogP) is 2.93. The molecule has 2 heterocycles. The van der Waals surface area contributed by atoms with E-state index in [0.29, 0.717) is 6.04 Å². The Morgan fingerprint density at radius 2 is 1.74 bits per heavy atom. The van der Waals surface area contributed by atoms with E-state index in [2.05, 4.69) is 54.4 Å². The van der Waals surface area contributed by atoms with Crippen LogP contribution in [0.1, 0.15) is 31.9 Å². The lowest BCUT2D eigenvalue weighted by Gasteiger charge is -2.30. The van der Waals surface area contributed by atoms with Gasteiger partial charge in [0.15, 0.2) is 0 Å². The Kier molecular flexibility index (Phi) is 3.90. The first-order chi connectivity index (χ1) is 9.24. The van der Waals surface area contributed by atoms with Gasteiger partial charge in [0, 0.05) is 19.1 Å². The third-order valence-electron chi connectivity index (χ3n) is 4.74. The van der Waals surface area contributed by atoms with Crippen molar-refractivity contribution in [2.24, 2.45) is 17.8 Å². The van der Waals surface area contributed by atoms with Crippen molar-refractivity contribution in [1.82, 2.24) is 10.2 Å². The van der Waals surface area contributed by atoms with Crippen LogP contribution in [0.25, 0.3) is 0 Å². The van der Waals surface area contributed by atoms with E-state index in [1.54, 1.807) is 0 Å². The van der Waals surface area contributed by atoms with E-state index < -0.39 is 0 Å². The summed E-state index contributed by atoms with van der Waals surface area (Å²) in [6, 6.07) is 11.7. The van der Waals surface area contributed by atoms with E-state index in [4.69, 9.17) is 0 Å². The van der Waals surface area contributed by atoms with Gasteiger partial charge in [0.2, 0.25) is 0 Å². The van der Waals surface area contributed by atoms with Crippen LogP contribution in [0, 0.1) is 17.8 Å². The molecule has 0 aliphatic carbocycles. The summed E-state index contributed by atoms with van der Waals surface area (Å²) in [5.74, 6) is 2.53. The second kappa shape index (κ2) is 5.64. The second-order valence-corrected chi connectivity index (χ2v) is 6.69. The van der Waals surface area contributed by atoms with Gasteiger partial charge in [0.05, 0.1) is 0 Å². The Morgan fingerprint density at radius 1 is 1.11 bits per heavy atom. The number of benzene rings is 1. The molecule has 2 heteroatoms. The van der Waals surface area contributed by atoms with Crippen molar-refractivity contribution in [3.05, 3.63) is 35.9 Å². The van der Waals surface area contributed by atoms with Crippen molar-refractivity contribution in [2.45, 2.75) is 26.3 Å². The number of nitrogens with zero attached hydrogens (tertiary/aromatic N) is 1. The van der Waals surface area contributed by atoms with Crippen molar-refractivity contribution in [3.8, 4) is 0 Å². The van der Waals surface area contributed by atoms with E-state index in [1.807, 2.05) is 0 Å². The molecule has 2 aliphatic heterocycles. The molecule has 0 amide bonds. The maximum absolute atomic E-state index is 3.54. The molecule has 19 heavy (non-hydrogen) atoms. The zero-order valence-electron chi connectivity index (χ0n) is 12.2. The lowest BCUT2D eigenvalue weighted by Crippen LogP contribution is -2.30. The first kappa shape index (κ1) is 13.1.